The van der Waals surface area contributed by atoms with Crippen molar-refractivity contribution in [1.82, 2.24) is 10.2 Å². The molecule has 0 bridgehead atoms. The maximum Gasteiger partial charge on any atom is 0.241 e. The van der Waals surface area contributed by atoms with Gasteiger partial charge in [0.25, 0.3) is 0 Å². The fourth-order valence-corrected chi connectivity index (χ4v) is 3.28. The number of aryl methyl sites for hydroxylation is 2. The highest BCUT2D eigenvalue weighted by molar-refractivity contribution is 5.85. The lowest BCUT2D eigenvalue weighted by atomic mass is 10.0. The van der Waals surface area contributed by atoms with E-state index in [2.05, 4.69) is 56.1 Å². The van der Waals surface area contributed by atoms with Gasteiger partial charge in [-0.1, -0.05) is 37.6 Å². The molecule has 3 heteroatoms. The van der Waals surface area contributed by atoms with E-state index in [-0.39, 0.29) is 18.1 Å². The second kappa shape index (κ2) is 5.45. The molecule has 0 radical (unpaired) electrons. The molecule has 2 atom stereocenters. The summed E-state index contributed by atoms with van der Waals surface area (Å²) in [5.41, 5.74) is 3.79. The lowest BCUT2D eigenvalue weighted by Crippen LogP contribution is -2.35. The van der Waals surface area contributed by atoms with Crippen LogP contribution in [0.5, 0.6) is 0 Å². The van der Waals surface area contributed by atoms with Crippen LogP contribution in [0.3, 0.4) is 0 Å². The molecule has 0 spiro atoms. The third-order valence-corrected chi connectivity index (χ3v) is 4.74. The average Bonchev–Trinajstić information content (AvgIpc) is 3.16. The molecule has 1 aliphatic heterocycles. The van der Waals surface area contributed by atoms with Crippen molar-refractivity contribution in [2.24, 2.45) is 11.8 Å². The van der Waals surface area contributed by atoms with Crippen molar-refractivity contribution in [2.75, 3.05) is 6.54 Å². The predicted octanol–water partition coefficient (Wildman–Crippen LogP) is 3.17. The topological polar surface area (TPSA) is 32.3 Å². The summed E-state index contributed by atoms with van der Waals surface area (Å²) < 4.78 is 0. The molecule has 1 aliphatic carbocycles. The summed E-state index contributed by atoms with van der Waals surface area (Å²) in [6, 6.07) is 6.49. The van der Waals surface area contributed by atoms with Crippen molar-refractivity contribution < 1.29 is 4.79 Å². The fraction of sp³-hybridized carbons (Fsp3) is 0.611. The SMILES string of the molecule is Cc1ccc(C2NC(C(C)C)C(=O)N2CC2CC2)c(C)c1. The molecule has 1 saturated heterocycles. The Morgan fingerprint density at radius 3 is 2.57 bits per heavy atom. The van der Waals surface area contributed by atoms with Crippen LogP contribution in [-0.4, -0.2) is 23.4 Å². The second-order valence-corrected chi connectivity index (χ2v) is 7.08. The van der Waals surface area contributed by atoms with Gasteiger partial charge < -0.3 is 4.90 Å². The molecule has 114 valence electrons. The zero-order valence-corrected chi connectivity index (χ0v) is 13.5. The van der Waals surface area contributed by atoms with Gasteiger partial charge in [0.1, 0.15) is 6.17 Å². The number of carbonyl (C=O) groups is 1. The molecule has 1 heterocycles. The summed E-state index contributed by atoms with van der Waals surface area (Å²) in [4.78, 5) is 14.8. The molecule has 21 heavy (non-hydrogen) atoms. The minimum absolute atomic E-state index is 0.0468. The molecule has 2 fully saturated rings. The van der Waals surface area contributed by atoms with E-state index in [9.17, 15) is 4.79 Å². The van der Waals surface area contributed by atoms with Crippen molar-refractivity contribution >= 4 is 5.91 Å². The highest BCUT2D eigenvalue weighted by Gasteiger charge is 2.43. The van der Waals surface area contributed by atoms with E-state index < -0.39 is 0 Å². The largest absolute Gasteiger partial charge is 0.321 e. The van der Waals surface area contributed by atoms with Gasteiger partial charge in [-0.15, -0.1) is 0 Å². The van der Waals surface area contributed by atoms with E-state index in [4.69, 9.17) is 0 Å². The maximum absolute atomic E-state index is 12.7. The second-order valence-electron chi connectivity index (χ2n) is 7.08. The van der Waals surface area contributed by atoms with Gasteiger partial charge in [-0.05, 0) is 49.7 Å². The van der Waals surface area contributed by atoms with Crippen LogP contribution in [-0.2, 0) is 4.79 Å². The van der Waals surface area contributed by atoms with Gasteiger partial charge in [-0.25, -0.2) is 0 Å². The van der Waals surface area contributed by atoms with Gasteiger partial charge in [-0.2, -0.15) is 0 Å². The van der Waals surface area contributed by atoms with Gasteiger partial charge in [0, 0.05) is 6.54 Å². The Morgan fingerprint density at radius 1 is 1.29 bits per heavy atom. The number of nitrogens with one attached hydrogen (secondary N) is 1. The van der Waals surface area contributed by atoms with Gasteiger partial charge in [-0.3, -0.25) is 10.1 Å². The molecule has 3 rings (SSSR count). The van der Waals surface area contributed by atoms with Crippen LogP contribution in [0.1, 0.15) is 49.5 Å². The van der Waals surface area contributed by atoms with E-state index in [1.165, 1.54) is 29.5 Å². The highest BCUT2D eigenvalue weighted by atomic mass is 16.2. The Hall–Kier alpha value is -1.35. The van der Waals surface area contributed by atoms with Crippen molar-refractivity contribution in [3.8, 4) is 0 Å². The normalized spacial score (nSPS) is 26.0. The first-order chi connectivity index (χ1) is 9.97. The van der Waals surface area contributed by atoms with Gasteiger partial charge >= 0.3 is 0 Å². The van der Waals surface area contributed by atoms with Crippen LogP contribution in [0.25, 0.3) is 0 Å². The van der Waals surface area contributed by atoms with Crippen LogP contribution in [0.2, 0.25) is 0 Å². The summed E-state index contributed by atoms with van der Waals surface area (Å²) >= 11 is 0. The molecular weight excluding hydrogens is 260 g/mol. The molecule has 1 amide bonds. The number of benzene rings is 1. The Labute approximate surface area is 127 Å². The first-order valence-corrected chi connectivity index (χ1v) is 8.11. The third kappa shape index (κ3) is 2.84. The molecule has 1 aromatic rings. The fourth-order valence-electron chi connectivity index (χ4n) is 3.28. The number of carbonyl (C=O) groups excluding carboxylic acids is 1. The van der Waals surface area contributed by atoms with E-state index in [1.807, 2.05) is 0 Å². The maximum atomic E-state index is 12.7. The van der Waals surface area contributed by atoms with Gasteiger partial charge in [0.05, 0.1) is 6.04 Å². The third-order valence-electron chi connectivity index (χ3n) is 4.74. The van der Waals surface area contributed by atoms with Crippen molar-refractivity contribution in [1.29, 1.82) is 0 Å². The van der Waals surface area contributed by atoms with Crippen molar-refractivity contribution in [2.45, 2.75) is 52.7 Å². The van der Waals surface area contributed by atoms with Crippen LogP contribution in [0.4, 0.5) is 0 Å². The standard InChI is InChI=1S/C18H26N2O/c1-11(2)16-18(21)20(10-14-6-7-14)17(19-16)15-8-5-12(3)9-13(15)4/h5,8-9,11,14,16-17,19H,6-7,10H2,1-4H3. The first kappa shape index (κ1) is 14.6. The average molecular weight is 286 g/mol. The number of nitrogens with zero attached hydrogens (tertiary/aromatic N) is 1. The van der Waals surface area contributed by atoms with Crippen LogP contribution in [0, 0.1) is 25.7 Å². The van der Waals surface area contributed by atoms with Crippen LogP contribution in [0.15, 0.2) is 18.2 Å². The number of rotatable bonds is 4. The number of amides is 1. The summed E-state index contributed by atoms with van der Waals surface area (Å²) in [6.45, 7) is 9.41. The van der Waals surface area contributed by atoms with E-state index in [1.54, 1.807) is 0 Å². The van der Waals surface area contributed by atoms with Gasteiger partial charge in [0.15, 0.2) is 0 Å². The van der Waals surface area contributed by atoms with Crippen LogP contribution >= 0.6 is 0 Å². The quantitative estimate of drug-likeness (QED) is 0.922. The monoisotopic (exact) mass is 286 g/mol. The molecule has 1 N–H and O–H groups in total. The number of hydrogen-bond donors (Lipinski definition) is 1. The van der Waals surface area contributed by atoms with Crippen molar-refractivity contribution in [3.63, 3.8) is 0 Å². The van der Waals surface area contributed by atoms with Crippen molar-refractivity contribution in [3.05, 3.63) is 34.9 Å². The minimum atomic E-state index is -0.0468. The summed E-state index contributed by atoms with van der Waals surface area (Å²) in [7, 11) is 0. The predicted molar refractivity (Wildman–Crippen MR) is 84.9 cm³/mol. The van der Waals surface area contributed by atoms with E-state index in [0.29, 0.717) is 5.92 Å². The molecule has 3 nitrogen and oxygen atoms in total. The highest BCUT2D eigenvalue weighted by Crippen LogP contribution is 2.36. The smallest absolute Gasteiger partial charge is 0.241 e. The molecule has 1 saturated carbocycles. The van der Waals surface area contributed by atoms with Crippen LogP contribution < -0.4 is 5.32 Å². The Kier molecular flexibility index (Phi) is 3.78. The zero-order valence-electron chi connectivity index (χ0n) is 13.5. The van der Waals surface area contributed by atoms with E-state index >= 15 is 0 Å². The van der Waals surface area contributed by atoms with Gasteiger partial charge in [0.2, 0.25) is 5.91 Å². The zero-order chi connectivity index (χ0) is 15.1. The summed E-state index contributed by atoms with van der Waals surface area (Å²) in [5.74, 6) is 1.33. The molecule has 1 aromatic carbocycles. The lowest BCUT2D eigenvalue weighted by molar-refractivity contribution is -0.131. The Balaban J connectivity index is 1.91. The molecular formula is C18H26N2O. The first-order valence-electron chi connectivity index (χ1n) is 8.11. The Bertz CT molecular complexity index is 548. The molecule has 2 aliphatic rings. The minimum Gasteiger partial charge on any atom is -0.321 e. The number of hydrogen-bond acceptors (Lipinski definition) is 2. The summed E-state index contributed by atoms with van der Waals surface area (Å²) in [6.07, 6.45) is 2.59. The van der Waals surface area contributed by atoms with E-state index in [0.717, 1.165) is 12.5 Å². The Morgan fingerprint density at radius 2 is 2.00 bits per heavy atom. The lowest BCUT2D eigenvalue weighted by Gasteiger charge is -2.26. The molecule has 2 unspecified atom stereocenters. The summed E-state index contributed by atoms with van der Waals surface area (Å²) in [5, 5.41) is 3.58. The molecule has 0 aromatic heterocycles.